The fraction of sp³-hybridized carbons (Fsp3) is 0.300. The normalized spacial score (nSPS) is 16.6. The SMILES string of the molecule is O=C(Nc1ccc(C(F)(F)F)c(Cl)c1)I1CC=C(c2ncc([C@H](O)CO)cc2Cl)CC1. The topological polar surface area (TPSA) is 82.5 Å². The van der Waals surface area contributed by atoms with Crippen molar-refractivity contribution in [2.45, 2.75) is 18.7 Å². The van der Waals surface area contributed by atoms with Crippen molar-refractivity contribution in [3.63, 3.8) is 0 Å². The molecule has 3 rings (SSSR count). The molecule has 0 aliphatic carbocycles. The van der Waals surface area contributed by atoms with Crippen LogP contribution in [0.15, 0.2) is 36.5 Å². The number of amides is 1. The summed E-state index contributed by atoms with van der Waals surface area (Å²) in [5, 5.41) is 21.3. The molecule has 1 atom stereocenters. The van der Waals surface area contributed by atoms with E-state index in [-0.39, 0.29) is 9.60 Å². The molecule has 1 aliphatic heterocycles. The molecule has 0 bridgehead atoms. The van der Waals surface area contributed by atoms with E-state index in [4.69, 9.17) is 28.3 Å². The second kappa shape index (κ2) is 10.0. The Balaban J connectivity index is 1.66. The number of pyridine rings is 1. The van der Waals surface area contributed by atoms with Gasteiger partial charge >= 0.3 is 194 Å². The third kappa shape index (κ3) is 5.89. The van der Waals surface area contributed by atoms with Crippen molar-refractivity contribution in [1.29, 1.82) is 0 Å². The summed E-state index contributed by atoms with van der Waals surface area (Å²) in [6.45, 7) is -0.437. The Kier molecular flexibility index (Phi) is 7.85. The molecule has 31 heavy (non-hydrogen) atoms. The number of alkyl halides is 5. The number of rotatable bonds is 5. The van der Waals surface area contributed by atoms with Crippen LogP contribution >= 0.6 is 43.0 Å². The molecule has 5 nitrogen and oxygen atoms in total. The fourth-order valence-corrected chi connectivity index (χ4v) is 7.83. The van der Waals surface area contributed by atoms with E-state index in [1.54, 1.807) is 6.07 Å². The summed E-state index contributed by atoms with van der Waals surface area (Å²) in [5.41, 5.74) is 1.17. The van der Waals surface area contributed by atoms with Gasteiger partial charge in [-0.3, -0.25) is 0 Å². The van der Waals surface area contributed by atoms with Gasteiger partial charge in [0, 0.05) is 0 Å². The molecule has 1 amide bonds. The number of anilines is 1. The maximum atomic E-state index is 12.8. The van der Waals surface area contributed by atoms with E-state index in [1.165, 1.54) is 12.3 Å². The molecule has 168 valence electrons. The number of nitrogens with one attached hydrogen (secondary N) is 1. The van der Waals surface area contributed by atoms with E-state index in [9.17, 15) is 23.1 Å². The molecule has 0 fully saturated rings. The predicted octanol–water partition coefficient (Wildman–Crippen LogP) is 5.96. The zero-order chi connectivity index (χ0) is 22.8. The van der Waals surface area contributed by atoms with E-state index in [1.807, 2.05) is 6.08 Å². The van der Waals surface area contributed by atoms with Crippen molar-refractivity contribution < 1.29 is 28.2 Å². The van der Waals surface area contributed by atoms with Crippen LogP contribution < -0.4 is 5.32 Å². The van der Waals surface area contributed by atoms with E-state index >= 15 is 0 Å². The van der Waals surface area contributed by atoms with Crippen LogP contribution in [0.2, 0.25) is 10.0 Å². The Morgan fingerprint density at radius 1 is 1.26 bits per heavy atom. The zero-order valence-corrected chi connectivity index (χ0v) is 19.6. The Hall–Kier alpha value is -1.40. The number of allylic oxidation sites excluding steroid dienone is 2. The molecule has 1 aromatic carbocycles. The second-order valence-corrected chi connectivity index (χ2v) is 13.0. The van der Waals surface area contributed by atoms with Crippen LogP contribution in [-0.2, 0) is 6.18 Å². The quantitative estimate of drug-likeness (QED) is 0.174. The molecule has 2 heterocycles. The number of aliphatic hydroxyl groups is 2. The van der Waals surface area contributed by atoms with Crippen LogP contribution in [0.3, 0.4) is 0 Å². The van der Waals surface area contributed by atoms with Crippen LogP contribution in [0.25, 0.3) is 5.57 Å². The second-order valence-electron chi connectivity index (χ2n) is 6.67. The summed E-state index contributed by atoms with van der Waals surface area (Å²) in [6, 6.07) is 4.71. The Labute approximate surface area is 193 Å². The number of aromatic nitrogens is 1. The zero-order valence-electron chi connectivity index (χ0n) is 15.9. The van der Waals surface area contributed by atoms with Gasteiger partial charge < -0.3 is 0 Å². The van der Waals surface area contributed by atoms with Gasteiger partial charge in [-0.1, -0.05) is 0 Å². The van der Waals surface area contributed by atoms with Gasteiger partial charge in [0.25, 0.3) is 0 Å². The van der Waals surface area contributed by atoms with Gasteiger partial charge in [0.05, 0.1) is 0 Å². The van der Waals surface area contributed by atoms with Crippen LogP contribution in [0.4, 0.5) is 23.7 Å². The van der Waals surface area contributed by atoms with E-state index < -0.39 is 49.3 Å². The number of halogens is 6. The van der Waals surface area contributed by atoms with Crippen molar-refractivity contribution in [3.05, 3.63) is 63.4 Å². The van der Waals surface area contributed by atoms with Crippen molar-refractivity contribution in [3.8, 4) is 0 Å². The van der Waals surface area contributed by atoms with Crippen LogP contribution in [-0.4, -0.2) is 34.6 Å². The first-order valence-corrected chi connectivity index (χ1v) is 13.9. The van der Waals surface area contributed by atoms with E-state index in [0.717, 1.165) is 17.7 Å². The van der Waals surface area contributed by atoms with Crippen LogP contribution in [0.5, 0.6) is 0 Å². The molecule has 11 heteroatoms. The minimum absolute atomic E-state index is 0.157. The first-order valence-electron chi connectivity index (χ1n) is 9.03. The standard InChI is InChI=1S/C20H18Cl2F3IN2O3/c21-15-8-13(1-2-14(15)20(23,24)25)28-19(31)26-5-3-11(4-6-26)18-16(22)7-12(9-27-18)17(30)10-29/h1-3,7-9,17,29-30H,4-6,10H2,(H,28,31)/t17-/m1/s1. The molecular formula is C20H18Cl2F3IN2O3. The van der Waals surface area contributed by atoms with Gasteiger partial charge in [0.1, 0.15) is 0 Å². The Bertz CT molecular complexity index is 1020. The Morgan fingerprint density at radius 3 is 2.55 bits per heavy atom. The summed E-state index contributed by atoms with van der Waals surface area (Å²) >= 11 is 9.89. The number of aliphatic hydroxyl groups excluding tert-OH is 2. The molecule has 2 aromatic rings. The maximum absolute atomic E-state index is 12.8. The van der Waals surface area contributed by atoms with Crippen molar-refractivity contribution >= 4 is 58.2 Å². The fourth-order valence-electron chi connectivity index (χ4n) is 2.93. The van der Waals surface area contributed by atoms with Gasteiger partial charge in [-0.2, -0.15) is 0 Å². The predicted molar refractivity (Wildman–Crippen MR) is 123 cm³/mol. The van der Waals surface area contributed by atoms with Gasteiger partial charge in [0.15, 0.2) is 0 Å². The summed E-state index contributed by atoms with van der Waals surface area (Å²) in [4.78, 5) is 16.9. The summed E-state index contributed by atoms with van der Waals surface area (Å²) in [6.07, 6.45) is -1.64. The molecular weight excluding hydrogens is 571 g/mol. The summed E-state index contributed by atoms with van der Waals surface area (Å²) in [5.74, 6) is 0. The molecule has 1 aliphatic rings. The van der Waals surface area contributed by atoms with E-state index in [0.29, 0.717) is 31.6 Å². The van der Waals surface area contributed by atoms with E-state index in [2.05, 4.69) is 10.3 Å². The number of carbonyl (C=O) groups is 1. The third-order valence-electron chi connectivity index (χ3n) is 4.59. The third-order valence-corrected chi connectivity index (χ3v) is 10.2. The summed E-state index contributed by atoms with van der Waals surface area (Å²) < 4.78 is 39.5. The number of hydrogen-bond acceptors (Lipinski definition) is 4. The van der Waals surface area contributed by atoms with Crippen molar-refractivity contribution in [2.24, 2.45) is 0 Å². The number of carbonyl (C=O) groups excluding carboxylic acids is 1. The number of nitrogens with zero attached hydrogens (tertiary/aromatic N) is 1. The summed E-state index contributed by atoms with van der Waals surface area (Å²) in [7, 11) is 0. The van der Waals surface area contributed by atoms with Crippen LogP contribution in [0, 0.1) is 0 Å². The Morgan fingerprint density at radius 2 is 2.00 bits per heavy atom. The van der Waals surface area contributed by atoms with Crippen LogP contribution in [0.1, 0.15) is 29.3 Å². The molecule has 1 aromatic heterocycles. The van der Waals surface area contributed by atoms with Gasteiger partial charge in [-0.25, -0.2) is 0 Å². The average molecular weight is 589 g/mol. The average Bonchev–Trinajstić information content (AvgIpc) is 2.72. The number of benzene rings is 1. The molecule has 0 saturated heterocycles. The minimum atomic E-state index is -4.55. The first kappa shape index (κ1) is 24.2. The van der Waals surface area contributed by atoms with Crippen molar-refractivity contribution in [1.82, 2.24) is 4.98 Å². The molecule has 0 radical (unpaired) electrons. The van der Waals surface area contributed by atoms with Gasteiger partial charge in [-0.15, -0.1) is 0 Å². The van der Waals surface area contributed by atoms with Gasteiger partial charge in [0.2, 0.25) is 0 Å². The number of hydrogen-bond donors (Lipinski definition) is 3. The molecule has 0 spiro atoms. The monoisotopic (exact) mass is 588 g/mol. The molecule has 0 unspecified atom stereocenters. The van der Waals surface area contributed by atoms with Crippen molar-refractivity contribution in [2.75, 3.05) is 20.8 Å². The molecule has 3 N–H and O–H groups in total. The molecule has 0 saturated carbocycles. The first-order chi connectivity index (χ1) is 14.6. The van der Waals surface area contributed by atoms with Gasteiger partial charge in [-0.05, 0) is 0 Å².